The molecule has 0 radical (unpaired) electrons. The maximum atomic E-state index is 12.4. The van der Waals surface area contributed by atoms with Gasteiger partial charge in [-0.05, 0) is 56.0 Å². The van der Waals surface area contributed by atoms with Crippen molar-refractivity contribution < 1.29 is 19.4 Å². The topological polar surface area (TPSA) is 66.8 Å². The second-order valence-electron chi connectivity index (χ2n) is 6.72. The zero-order chi connectivity index (χ0) is 18.0. The van der Waals surface area contributed by atoms with Crippen molar-refractivity contribution in [2.45, 2.75) is 45.2 Å². The lowest BCUT2D eigenvalue weighted by Gasteiger charge is -2.38. The zero-order valence-electron chi connectivity index (χ0n) is 14.6. The summed E-state index contributed by atoms with van der Waals surface area (Å²) in [7, 11) is 0. The van der Waals surface area contributed by atoms with Crippen molar-refractivity contribution in [2.24, 2.45) is 0 Å². The fourth-order valence-corrected chi connectivity index (χ4v) is 3.58. The van der Waals surface area contributed by atoms with Gasteiger partial charge in [0.25, 0.3) is 5.91 Å². The molecule has 5 heteroatoms. The van der Waals surface area contributed by atoms with Gasteiger partial charge in [-0.25, -0.2) is 4.79 Å². The number of aromatic hydroxyl groups is 1. The summed E-state index contributed by atoms with van der Waals surface area (Å²) >= 11 is 0. The highest BCUT2D eigenvalue weighted by molar-refractivity contribution is 5.99. The van der Waals surface area contributed by atoms with Crippen LogP contribution in [-0.4, -0.2) is 40.6 Å². The number of ether oxygens (including phenoxy) is 1. The summed E-state index contributed by atoms with van der Waals surface area (Å²) in [5, 5.41) is 11.7. The van der Waals surface area contributed by atoms with Crippen LogP contribution in [0.3, 0.4) is 0 Å². The van der Waals surface area contributed by atoms with E-state index < -0.39 is 5.97 Å². The molecule has 2 aromatic rings. The van der Waals surface area contributed by atoms with Crippen LogP contribution in [0.2, 0.25) is 0 Å². The third-order valence-corrected chi connectivity index (χ3v) is 4.89. The lowest BCUT2D eigenvalue weighted by Crippen LogP contribution is -2.49. The van der Waals surface area contributed by atoms with Crippen LogP contribution in [0.4, 0.5) is 0 Å². The zero-order valence-corrected chi connectivity index (χ0v) is 14.6. The highest BCUT2D eigenvalue weighted by atomic mass is 16.5. The Labute approximate surface area is 147 Å². The van der Waals surface area contributed by atoms with Gasteiger partial charge in [-0.1, -0.05) is 24.3 Å². The highest BCUT2D eigenvalue weighted by Crippen LogP contribution is 2.26. The van der Waals surface area contributed by atoms with Gasteiger partial charge in [0.1, 0.15) is 11.3 Å². The molecule has 1 aliphatic rings. The Morgan fingerprint density at radius 2 is 1.72 bits per heavy atom. The average Bonchev–Trinajstić information content (AvgIpc) is 2.59. The number of likely N-dealkylation sites (tertiary alicyclic amines) is 1. The number of phenolic OH excluding ortho intramolecular Hbond substituents is 1. The van der Waals surface area contributed by atoms with E-state index in [1.54, 1.807) is 11.0 Å². The minimum atomic E-state index is -0.686. The van der Waals surface area contributed by atoms with Crippen LogP contribution in [0.5, 0.6) is 5.75 Å². The van der Waals surface area contributed by atoms with E-state index >= 15 is 0 Å². The minimum Gasteiger partial charge on any atom is -0.507 e. The Bertz CT molecular complexity index is 791. The van der Waals surface area contributed by atoms with Crippen LogP contribution in [0, 0.1) is 0 Å². The Balaban J connectivity index is 1.70. The SMILES string of the molecule is C[C@H]1CCC[C@H](C)N1C(=O)COC(=O)c1cc2ccccc2cc1O. The van der Waals surface area contributed by atoms with E-state index in [1.165, 1.54) is 6.07 Å². The lowest BCUT2D eigenvalue weighted by atomic mass is 9.97. The van der Waals surface area contributed by atoms with Gasteiger partial charge in [0.15, 0.2) is 6.61 Å². The van der Waals surface area contributed by atoms with Gasteiger partial charge in [0.2, 0.25) is 0 Å². The molecule has 0 spiro atoms. The van der Waals surface area contributed by atoms with Crippen molar-refractivity contribution in [3.05, 3.63) is 42.0 Å². The second kappa shape index (κ2) is 7.13. The summed E-state index contributed by atoms with van der Waals surface area (Å²) < 4.78 is 5.18. The molecule has 1 heterocycles. The van der Waals surface area contributed by atoms with Gasteiger partial charge in [0, 0.05) is 12.1 Å². The van der Waals surface area contributed by atoms with E-state index in [0.717, 1.165) is 30.0 Å². The van der Waals surface area contributed by atoms with Gasteiger partial charge < -0.3 is 14.7 Å². The first-order chi connectivity index (χ1) is 12.0. The van der Waals surface area contributed by atoms with Gasteiger partial charge in [0.05, 0.1) is 0 Å². The van der Waals surface area contributed by atoms with Crippen molar-refractivity contribution in [1.82, 2.24) is 4.90 Å². The van der Waals surface area contributed by atoms with Crippen molar-refractivity contribution >= 4 is 22.6 Å². The maximum Gasteiger partial charge on any atom is 0.342 e. The Hall–Kier alpha value is -2.56. The van der Waals surface area contributed by atoms with Crippen molar-refractivity contribution in [3.63, 3.8) is 0 Å². The first-order valence-corrected chi connectivity index (χ1v) is 8.67. The first-order valence-electron chi connectivity index (χ1n) is 8.67. The predicted octanol–water partition coefficient (Wildman–Crippen LogP) is 3.49. The van der Waals surface area contributed by atoms with Gasteiger partial charge in [-0.2, -0.15) is 0 Å². The molecule has 0 aliphatic carbocycles. The Morgan fingerprint density at radius 3 is 2.36 bits per heavy atom. The summed E-state index contributed by atoms with van der Waals surface area (Å²) in [4.78, 5) is 26.5. The molecule has 25 heavy (non-hydrogen) atoms. The molecule has 2 atom stereocenters. The molecule has 1 aliphatic heterocycles. The smallest absolute Gasteiger partial charge is 0.342 e. The van der Waals surface area contributed by atoms with Gasteiger partial charge in [-0.3, -0.25) is 4.79 Å². The molecule has 5 nitrogen and oxygen atoms in total. The average molecular weight is 341 g/mol. The normalized spacial score (nSPS) is 20.5. The van der Waals surface area contributed by atoms with Crippen molar-refractivity contribution in [1.29, 1.82) is 0 Å². The molecule has 0 saturated carbocycles. The highest BCUT2D eigenvalue weighted by Gasteiger charge is 2.29. The third-order valence-electron chi connectivity index (χ3n) is 4.89. The first kappa shape index (κ1) is 17.3. The number of nitrogens with zero attached hydrogens (tertiary/aromatic N) is 1. The molecule has 0 bridgehead atoms. The summed E-state index contributed by atoms with van der Waals surface area (Å²) in [6.45, 7) is 3.73. The largest absolute Gasteiger partial charge is 0.507 e. The molecule has 132 valence electrons. The number of carbonyl (C=O) groups excluding carboxylic acids is 2. The van der Waals surface area contributed by atoms with E-state index in [2.05, 4.69) is 0 Å². The molecule has 1 fully saturated rings. The van der Waals surface area contributed by atoms with E-state index in [9.17, 15) is 14.7 Å². The lowest BCUT2D eigenvalue weighted by molar-refractivity contribution is -0.140. The van der Waals surface area contributed by atoms with Gasteiger partial charge >= 0.3 is 5.97 Å². The summed E-state index contributed by atoms with van der Waals surface area (Å²) in [5.74, 6) is -1.02. The number of carbonyl (C=O) groups is 2. The molecule has 0 aromatic heterocycles. The van der Waals surface area contributed by atoms with E-state index in [0.29, 0.717) is 0 Å². The van der Waals surface area contributed by atoms with Crippen molar-refractivity contribution in [3.8, 4) is 5.75 Å². The number of benzene rings is 2. The molecule has 1 N–H and O–H groups in total. The molecule has 0 unspecified atom stereocenters. The quantitative estimate of drug-likeness (QED) is 0.868. The fraction of sp³-hybridized carbons (Fsp3) is 0.400. The summed E-state index contributed by atoms with van der Waals surface area (Å²) in [6, 6.07) is 10.9. The van der Waals surface area contributed by atoms with Gasteiger partial charge in [-0.15, -0.1) is 0 Å². The second-order valence-corrected chi connectivity index (χ2v) is 6.72. The van der Waals surface area contributed by atoms with Crippen LogP contribution >= 0.6 is 0 Å². The number of amides is 1. The molecule has 1 saturated heterocycles. The van der Waals surface area contributed by atoms with Crippen molar-refractivity contribution in [2.75, 3.05) is 6.61 Å². The monoisotopic (exact) mass is 341 g/mol. The van der Waals surface area contributed by atoms with Crippen LogP contribution in [0.25, 0.3) is 10.8 Å². The van der Waals surface area contributed by atoms with E-state index in [1.807, 2.05) is 38.1 Å². The number of hydrogen-bond donors (Lipinski definition) is 1. The van der Waals surface area contributed by atoms with Crippen LogP contribution < -0.4 is 0 Å². The number of piperidine rings is 1. The van der Waals surface area contributed by atoms with Crippen LogP contribution in [-0.2, 0) is 9.53 Å². The molecule has 3 rings (SSSR count). The van der Waals surface area contributed by atoms with Crippen LogP contribution in [0.15, 0.2) is 36.4 Å². The number of fused-ring (bicyclic) bond motifs is 1. The molecule has 1 amide bonds. The van der Waals surface area contributed by atoms with Crippen LogP contribution in [0.1, 0.15) is 43.5 Å². The number of esters is 1. The predicted molar refractivity (Wildman–Crippen MR) is 95.5 cm³/mol. The Morgan fingerprint density at radius 1 is 1.12 bits per heavy atom. The fourth-order valence-electron chi connectivity index (χ4n) is 3.58. The standard InChI is InChI=1S/C20H23NO4/c1-13-6-5-7-14(2)21(13)19(23)12-25-20(24)17-10-15-8-3-4-9-16(15)11-18(17)22/h3-4,8-11,13-14,22H,5-7,12H2,1-2H3/t13-,14-/m0/s1. The number of phenols is 1. The Kier molecular flexibility index (Phi) is 4.93. The third kappa shape index (κ3) is 3.60. The number of rotatable bonds is 3. The molecular weight excluding hydrogens is 318 g/mol. The van der Waals surface area contributed by atoms with E-state index in [4.69, 9.17) is 4.74 Å². The number of hydrogen-bond acceptors (Lipinski definition) is 4. The minimum absolute atomic E-state index is 0.0752. The molecule has 2 aromatic carbocycles. The summed E-state index contributed by atoms with van der Waals surface area (Å²) in [5.41, 5.74) is 0.0752. The maximum absolute atomic E-state index is 12.4. The summed E-state index contributed by atoms with van der Waals surface area (Å²) in [6.07, 6.45) is 3.04. The molecular formula is C20H23NO4. The van der Waals surface area contributed by atoms with E-state index in [-0.39, 0.29) is 35.9 Å².